The summed E-state index contributed by atoms with van der Waals surface area (Å²) in [6, 6.07) is 5.93. The Morgan fingerprint density at radius 1 is 1.33 bits per heavy atom. The third-order valence-corrected chi connectivity index (χ3v) is 5.37. The summed E-state index contributed by atoms with van der Waals surface area (Å²) in [7, 11) is 0. The number of rotatable bonds is 4. The molecule has 0 aromatic heterocycles. The fraction of sp³-hybridized carbons (Fsp3) is 0.588. The highest BCUT2D eigenvalue weighted by Crippen LogP contribution is 2.49. The van der Waals surface area contributed by atoms with Gasteiger partial charge in [-0.2, -0.15) is 0 Å². The average Bonchev–Trinajstić information content (AvgIpc) is 3.09. The number of nitrogens with two attached hydrogens (primary N) is 1. The van der Waals surface area contributed by atoms with Gasteiger partial charge in [-0.05, 0) is 63.0 Å². The molecule has 4 heteroatoms. The molecular formula is C17H25N3O. The molecule has 4 unspecified atom stereocenters. The summed E-state index contributed by atoms with van der Waals surface area (Å²) in [5.41, 5.74) is 4.99. The average molecular weight is 287 g/mol. The molecule has 2 saturated carbocycles. The summed E-state index contributed by atoms with van der Waals surface area (Å²) >= 11 is 0. The van der Waals surface area contributed by atoms with Crippen molar-refractivity contribution in [3.05, 3.63) is 29.3 Å². The van der Waals surface area contributed by atoms with E-state index in [1.165, 1.54) is 25.7 Å². The zero-order chi connectivity index (χ0) is 15.0. The highest BCUT2D eigenvalue weighted by molar-refractivity contribution is 5.99. The summed E-state index contributed by atoms with van der Waals surface area (Å²) in [5, 5.41) is 3.19. The first-order valence-corrected chi connectivity index (χ1v) is 7.96. The molecule has 4 atom stereocenters. The number of hydrogen-bond acceptors (Lipinski definition) is 3. The lowest BCUT2D eigenvalue weighted by molar-refractivity contribution is 0.0916. The van der Waals surface area contributed by atoms with Crippen molar-refractivity contribution in [1.82, 2.24) is 5.32 Å². The fourth-order valence-corrected chi connectivity index (χ4v) is 4.27. The van der Waals surface area contributed by atoms with Crippen LogP contribution in [0, 0.1) is 24.7 Å². The van der Waals surface area contributed by atoms with Crippen LogP contribution in [0.1, 0.15) is 48.5 Å². The van der Waals surface area contributed by atoms with Gasteiger partial charge < -0.3 is 10.7 Å². The van der Waals surface area contributed by atoms with Crippen molar-refractivity contribution in [1.29, 1.82) is 0 Å². The first kappa shape index (κ1) is 14.4. The van der Waals surface area contributed by atoms with Gasteiger partial charge in [0.05, 0.1) is 11.3 Å². The molecule has 1 amide bonds. The number of hydrogen-bond donors (Lipinski definition) is 3. The second-order valence-electron chi connectivity index (χ2n) is 6.79. The van der Waals surface area contributed by atoms with Crippen molar-refractivity contribution in [2.24, 2.45) is 23.6 Å². The standard InChI is InChI=1S/C17H25N3O/c1-10-3-6-16(20-18)15(7-10)17(21)19-11(2)14-9-12-4-5-13(14)8-12/h3,6-7,11-14,20H,4-5,8-9,18H2,1-2H3,(H,19,21). The Morgan fingerprint density at radius 2 is 2.14 bits per heavy atom. The maximum absolute atomic E-state index is 12.5. The normalized spacial score (nSPS) is 28.4. The molecule has 114 valence electrons. The Morgan fingerprint density at radius 3 is 2.76 bits per heavy atom. The molecule has 0 heterocycles. The molecule has 2 fully saturated rings. The van der Waals surface area contributed by atoms with E-state index in [2.05, 4.69) is 17.7 Å². The quantitative estimate of drug-likeness (QED) is 0.589. The minimum Gasteiger partial charge on any atom is -0.349 e. The minimum atomic E-state index is -0.0260. The van der Waals surface area contributed by atoms with Crippen molar-refractivity contribution < 1.29 is 4.79 Å². The van der Waals surface area contributed by atoms with Crippen LogP contribution in [0.5, 0.6) is 0 Å². The Bertz CT molecular complexity index is 543. The predicted octanol–water partition coefficient (Wildman–Crippen LogP) is 2.84. The minimum absolute atomic E-state index is 0.0260. The summed E-state index contributed by atoms with van der Waals surface area (Å²) in [5.74, 6) is 7.85. The number of carbonyl (C=O) groups is 1. The Labute approximate surface area is 126 Å². The van der Waals surface area contributed by atoms with Crippen LogP contribution in [0.25, 0.3) is 0 Å². The topological polar surface area (TPSA) is 67.1 Å². The third kappa shape index (κ3) is 2.77. The highest BCUT2D eigenvalue weighted by Gasteiger charge is 2.42. The molecule has 0 aliphatic heterocycles. The number of aryl methyl sites for hydroxylation is 1. The largest absolute Gasteiger partial charge is 0.349 e. The number of amides is 1. The molecular weight excluding hydrogens is 262 g/mol. The second kappa shape index (κ2) is 5.68. The molecule has 0 saturated heterocycles. The lowest BCUT2D eigenvalue weighted by atomic mass is 9.84. The number of carbonyl (C=O) groups excluding carboxylic acids is 1. The number of anilines is 1. The molecule has 21 heavy (non-hydrogen) atoms. The lowest BCUT2D eigenvalue weighted by Gasteiger charge is -2.28. The van der Waals surface area contributed by atoms with Crippen molar-refractivity contribution >= 4 is 11.6 Å². The van der Waals surface area contributed by atoms with E-state index in [1.807, 2.05) is 25.1 Å². The van der Waals surface area contributed by atoms with E-state index in [0.29, 0.717) is 17.2 Å². The van der Waals surface area contributed by atoms with E-state index in [1.54, 1.807) is 0 Å². The van der Waals surface area contributed by atoms with Gasteiger partial charge >= 0.3 is 0 Å². The predicted molar refractivity (Wildman–Crippen MR) is 84.9 cm³/mol. The maximum atomic E-state index is 12.5. The van der Waals surface area contributed by atoms with Gasteiger partial charge in [0, 0.05) is 6.04 Å². The van der Waals surface area contributed by atoms with Crippen molar-refractivity contribution in [2.75, 3.05) is 5.43 Å². The molecule has 0 spiro atoms. The molecule has 2 bridgehead atoms. The highest BCUT2D eigenvalue weighted by atomic mass is 16.1. The number of nitrogens with one attached hydrogen (secondary N) is 2. The van der Waals surface area contributed by atoms with Crippen molar-refractivity contribution in [3.63, 3.8) is 0 Å². The van der Waals surface area contributed by atoms with Crippen molar-refractivity contribution in [2.45, 2.75) is 45.6 Å². The number of nitrogen functional groups attached to an aromatic ring is 1. The molecule has 1 aromatic carbocycles. The zero-order valence-electron chi connectivity index (χ0n) is 12.9. The zero-order valence-corrected chi connectivity index (χ0v) is 12.9. The van der Waals surface area contributed by atoms with Crippen LogP contribution in [0.2, 0.25) is 0 Å². The maximum Gasteiger partial charge on any atom is 0.253 e. The van der Waals surface area contributed by atoms with Gasteiger partial charge in [0.25, 0.3) is 5.91 Å². The van der Waals surface area contributed by atoms with E-state index in [9.17, 15) is 4.79 Å². The third-order valence-electron chi connectivity index (χ3n) is 5.37. The summed E-state index contributed by atoms with van der Waals surface area (Å²) < 4.78 is 0. The molecule has 3 rings (SSSR count). The second-order valence-corrected chi connectivity index (χ2v) is 6.79. The lowest BCUT2D eigenvalue weighted by Crippen LogP contribution is -2.40. The number of hydrazine groups is 1. The summed E-state index contributed by atoms with van der Waals surface area (Å²) in [6.45, 7) is 4.13. The van der Waals surface area contributed by atoms with Gasteiger partial charge in [0.15, 0.2) is 0 Å². The van der Waals surface area contributed by atoms with Crippen LogP contribution in [0.15, 0.2) is 18.2 Å². The van der Waals surface area contributed by atoms with Crippen LogP contribution >= 0.6 is 0 Å². The van der Waals surface area contributed by atoms with Gasteiger partial charge in [-0.25, -0.2) is 0 Å². The van der Waals surface area contributed by atoms with E-state index >= 15 is 0 Å². The van der Waals surface area contributed by atoms with Crippen LogP contribution in [0.4, 0.5) is 5.69 Å². The van der Waals surface area contributed by atoms with Gasteiger partial charge in [0.1, 0.15) is 0 Å². The van der Waals surface area contributed by atoms with Gasteiger partial charge in [-0.15, -0.1) is 0 Å². The first-order valence-electron chi connectivity index (χ1n) is 7.96. The number of fused-ring (bicyclic) bond motifs is 2. The molecule has 1 aromatic rings. The van der Waals surface area contributed by atoms with E-state index < -0.39 is 0 Å². The van der Waals surface area contributed by atoms with E-state index in [0.717, 1.165) is 17.4 Å². The molecule has 2 aliphatic carbocycles. The monoisotopic (exact) mass is 287 g/mol. The fourth-order valence-electron chi connectivity index (χ4n) is 4.27. The molecule has 4 nitrogen and oxygen atoms in total. The van der Waals surface area contributed by atoms with Crippen LogP contribution in [-0.2, 0) is 0 Å². The van der Waals surface area contributed by atoms with Crippen LogP contribution in [0.3, 0.4) is 0 Å². The SMILES string of the molecule is Cc1ccc(NN)c(C(=O)NC(C)C2CC3CCC2C3)c1. The van der Waals surface area contributed by atoms with Gasteiger partial charge in [0.2, 0.25) is 0 Å². The van der Waals surface area contributed by atoms with Gasteiger partial charge in [-0.1, -0.05) is 18.1 Å². The number of benzene rings is 1. The summed E-state index contributed by atoms with van der Waals surface area (Å²) in [4.78, 5) is 12.5. The van der Waals surface area contributed by atoms with E-state index in [4.69, 9.17) is 5.84 Å². The van der Waals surface area contributed by atoms with Gasteiger partial charge in [-0.3, -0.25) is 10.6 Å². The Hall–Kier alpha value is -1.55. The molecule has 4 N–H and O–H groups in total. The smallest absolute Gasteiger partial charge is 0.253 e. The Kier molecular flexibility index (Phi) is 3.89. The first-order chi connectivity index (χ1) is 10.1. The molecule has 0 radical (unpaired) electrons. The van der Waals surface area contributed by atoms with Crippen molar-refractivity contribution in [3.8, 4) is 0 Å². The van der Waals surface area contributed by atoms with Crippen LogP contribution < -0.4 is 16.6 Å². The molecule has 2 aliphatic rings. The Balaban J connectivity index is 1.70. The van der Waals surface area contributed by atoms with E-state index in [-0.39, 0.29) is 11.9 Å². The summed E-state index contributed by atoms with van der Waals surface area (Å²) in [6.07, 6.45) is 5.38. The van der Waals surface area contributed by atoms with Crippen LogP contribution in [-0.4, -0.2) is 11.9 Å².